The number of carbonyl (C=O) groups is 1. The number of carbonyl (C=O) groups excluding carboxylic acids is 1. The third-order valence-corrected chi connectivity index (χ3v) is 5.58. The van der Waals surface area contributed by atoms with Gasteiger partial charge in [-0.3, -0.25) is 4.79 Å². The molecule has 0 aliphatic carbocycles. The molecule has 122 valence electrons. The van der Waals surface area contributed by atoms with E-state index >= 15 is 0 Å². The SMILES string of the molecule is CC1(c2nccs2)CCN(C(=O)CCOc2ccccc2)CC1. The molecule has 1 aromatic carbocycles. The van der Waals surface area contributed by atoms with Gasteiger partial charge in [0.25, 0.3) is 0 Å². The zero-order valence-corrected chi connectivity index (χ0v) is 14.2. The Labute approximate surface area is 141 Å². The van der Waals surface area contributed by atoms with Crippen LogP contribution >= 0.6 is 11.3 Å². The Balaban J connectivity index is 1.45. The van der Waals surface area contributed by atoms with Crippen LogP contribution in [0.2, 0.25) is 0 Å². The van der Waals surface area contributed by atoms with E-state index in [1.54, 1.807) is 11.3 Å². The van der Waals surface area contributed by atoms with Crippen LogP contribution in [-0.2, 0) is 10.2 Å². The number of rotatable bonds is 5. The van der Waals surface area contributed by atoms with E-state index in [1.807, 2.05) is 46.8 Å². The highest BCUT2D eigenvalue weighted by Crippen LogP contribution is 2.36. The van der Waals surface area contributed by atoms with E-state index in [4.69, 9.17) is 4.74 Å². The Hall–Kier alpha value is -1.88. The van der Waals surface area contributed by atoms with Crippen molar-refractivity contribution in [3.05, 3.63) is 46.9 Å². The number of amides is 1. The third kappa shape index (κ3) is 3.91. The summed E-state index contributed by atoms with van der Waals surface area (Å²) >= 11 is 1.71. The average Bonchev–Trinajstić information content (AvgIpc) is 3.12. The minimum absolute atomic E-state index is 0.117. The fourth-order valence-electron chi connectivity index (χ4n) is 2.92. The number of benzene rings is 1. The predicted molar refractivity (Wildman–Crippen MR) is 91.8 cm³/mol. The smallest absolute Gasteiger partial charge is 0.225 e. The third-order valence-electron chi connectivity index (χ3n) is 4.50. The highest BCUT2D eigenvalue weighted by atomic mass is 32.1. The van der Waals surface area contributed by atoms with Gasteiger partial charge in [-0.05, 0) is 25.0 Å². The van der Waals surface area contributed by atoms with E-state index < -0.39 is 0 Å². The van der Waals surface area contributed by atoms with Crippen LogP contribution in [0, 0.1) is 0 Å². The molecular weight excluding hydrogens is 308 g/mol. The summed E-state index contributed by atoms with van der Waals surface area (Å²) in [6.07, 6.45) is 4.25. The molecule has 4 nitrogen and oxygen atoms in total. The first-order chi connectivity index (χ1) is 11.2. The molecule has 0 atom stereocenters. The zero-order chi connectivity index (χ0) is 16.1. The normalized spacial score (nSPS) is 17.0. The van der Waals surface area contributed by atoms with Crippen molar-refractivity contribution in [2.24, 2.45) is 0 Å². The van der Waals surface area contributed by atoms with Gasteiger partial charge in [0.05, 0.1) is 18.0 Å². The van der Waals surface area contributed by atoms with E-state index in [-0.39, 0.29) is 11.3 Å². The summed E-state index contributed by atoms with van der Waals surface area (Å²) in [5.74, 6) is 0.998. The first kappa shape index (κ1) is 16.0. The van der Waals surface area contributed by atoms with Gasteiger partial charge in [0.2, 0.25) is 5.91 Å². The molecule has 0 N–H and O–H groups in total. The van der Waals surface area contributed by atoms with Crippen LogP contribution in [0.1, 0.15) is 31.2 Å². The molecule has 23 heavy (non-hydrogen) atoms. The predicted octanol–water partition coefficient (Wildman–Crippen LogP) is 3.49. The molecular formula is C18H22N2O2S. The van der Waals surface area contributed by atoms with Gasteiger partial charge < -0.3 is 9.64 Å². The second-order valence-electron chi connectivity index (χ2n) is 6.19. The molecule has 0 bridgehead atoms. The lowest BCUT2D eigenvalue weighted by atomic mass is 9.81. The maximum absolute atomic E-state index is 12.3. The molecule has 1 amide bonds. The van der Waals surface area contributed by atoms with Gasteiger partial charge in [-0.15, -0.1) is 11.3 Å². The van der Waals surface area contributed by atoms with Crippen molar-refractivity contribution in [2.45, 2.75) is 31.6 Å². The molecule has 1 aliphatic rings. The van der Waals surface area contributed by atoms with Gasteiger partial charge in [0.15, 0.2) is 0 Å². The Morgan fingerprint density at radius 1 is 1.30 bits per heavy atom. The summed E-state index contributed by atoms with van der Waals surface area (Å²) in [7, 11) is 0. The summed E-state index contributed by atoms with van der Waals surface area (Å²) in [4.78, 5) is 18.7. The molecule has 2 heterocycles. The Bertz CT molecular complexity index is 620. The number of likely N-dealkylation sites (tertiary alicyclic amines) is 1. The molecule has 0 saturated carbocycles. The van der Waals surface area contributed by atoms with Crippen LogP contribution in [0.4, 0.5) is 0 Å². The maximum Gasteiger partial charge on any atom is 0.225 e. The molecule has 1 aliphatic heterocycles. The number of para-hydroxylation sites is 1. The summed E-state index contributed by atoms with van der Waals surface area (Å²) in [6.45, 7) is 4.30. The number of piperidine rings is 1. The molecule has 5 heteroatoms. The molecule has 1 fully saturated rings. The second-order valence-corrected chi connectivity index (χ2v) is 7.08. The van der Waals surface area contributed by atoms with E-state index in [0.717, 1.165) is 31.7 Å². The van der Waals surface area contributed by atoms with Crippen molar-refractivity contribution in [3.8, 4) is 5.75 Å². The van der Waals surface area contributed by atoms with Gasteiger partial charge in [-0.1, -0.05) is 25.1 Å². The van der Waals surface area contributed by atoms with Crippen molar-refractivity contribution in [3.63, 3.8) is 0 Å². The van der Waals surface area contributed by atoms with Crippen molar-refractivity contribution in [2.75, 3.05) is 19.7 Å². The number of hydrogen-bond acceptors (Lipinski definition) is 4. The standard InChI is InChI=1S/C18H22N2O2S/c1-18(17-19-10-14-23-17)8-11-20(12-9-18)16(21)7-13-22-15-5-3-2-4-6-15/h2-6,10,14H,7-9,11-13H2,1H3. The van der Waals surface area contributed by atoms with Crippen molar-refractivity contribution in [1.82, 2.24) is 9.88 Å². The van der Waals surface area contributed by atoms with Crippen molar-refractivity contribution >= 4 is 17.2 Å². The van der Waals surface area contributed by atoms with Crippen LogP contribution < -0.4 is 4.74 Å². The Morgan fingerprint density at radius 2 is 2.04 bits per heavy atom. The zero-order valence-electron chi connectivity index (χ0n) is 13.4. The molecule has 0 unspecified atom stereocenters. The monoisotopic (exact) mass is 330 g/mol. The fraction of sp³-hybridized carbons (Fsp3) is 0.444. The molecule has 1 aromatic heterocycles. The van der Waals surface area contributed by atoms with E-state index in [9.17, 15) is 4.79 Å². The topological polar surface area (TPSA) is 42.4 Å². The Kier molecular flexibility index (Phi) is 4.96. The average molecular weight is 330 g/mol. The second kappa shape index (κ2) is 7.13. The number of nitrogens with zero attached hydrogens (tertiary/aromatic N) is 2. The lowest BCUT2D eigenvalue weighted by Gasteiger charge is -2.38. The van der Waals surface area contributed by atoms with Gasteiger partial charge in [-0.2, -0.15) is 0 Å². The first-order valence-electron chi connectivity index (χ1n) is 8.03. The highest BCUT2D eigenvalue weighted by Gasteiger charge is 2.35. The van der Waals surface area contributed by atoms with Crippen LogP contribution in [0.25, 0.3) is 0 Å². The van der Waals surface area contributed by atoms with E-state index in [1.165, 1.54) is 5.01 Å². The lowest BCUT2D eigenvalue weighted by Crippen LogP contribution is -2.44. The number of thiazole rings is 1. The first-order valence-corrected chi connectivity index (χ1v) is 8.91. The van der Waals surface area contributed by atoms with Crippen molar-refractivity contribution < 1.29 is 9.53 Å². The molecule has 1 saturated heterocycles. The highest BCUT2D eigenvalue weighted by molar-refractivity contribution is 7.09. The summed E-state index contributed by atoms with van der Waals surface area (Å²) < 4.78 is 5.61. The molecule has 0 radical (unpaired) electrons. The largest absolute Gasteiger partial charge is 0.493 e. The number of hydrogen-bond donors (Lipinski definition) is 0. The van der Waals surface area contributed by atoms with Crippen molar-refractivity contribution in [1.29, 1.82) is 0 Å². The minimum atomic E-state index is 0.117. The molecule has 2 aromatic rings. The maximum atomic E-state index is 12.3. The van der Waals surface area contributed by atoms with Gasteiger partial charge in [0, 0.05) is 30.1 Å². The van der Waals surface area contributed by atoms with Crippen LogP contribution in [-0.4, -0.2) is 35.5 Å². The van der Waals surface area contributed by atoms with Gasteiger partial charge in [0.1, 0.15) is 5.75 Å². The fourth-order valence-corrected chi connectivity index (χ4v) is 3.78. The van der Waals surface area contributed by atoms with E-state index in [0.29, 0.717) is 13.0 Å². The lowest BCUT2D eigenvalue weighted by molar-refractivity contribution is -0.133. The summed E-state index contributed by atoms with van der Waals surface area (Å²) in [5.41, 5.74) is 0.117. The van der Waals surface area contributed by atoms with E-state index in [2.05, 4.69) is 11.9 Å². The van der Waals surface area contributed by atoms with Crippen LogP contribution in [0.5, 0.6) is 5.75 Å². The number of aromatic nitrogens is 1. The quantitative estimate of drug-likeness (QED) is 0.843. The minimum Gasteiger partial charge on any atom is -0.493 e. The van der Waals surface area contributed by atoms with Crippen LogP contribution in [0.15, 0.2) is 41.9 Å². The summed E-state index contributed by atoms with van der Waals surface area (Å²) in [5, 5.41) is 3.22. The van der Waals surface area contributed by atoms with Crippen LogP contribution in [0.3, 0.4) is 0 Å². The summed E-state index contributed by atoms with van der Waals surface area (Å²) in [6, 6.07) is 9.63. The van der Waals surface area contributed by atoms with Gasteiger partial charge >= 0.3 is 0 Å². The molecule has 0 spiro atoms. The van der Waals surface area contributed by atoms with Gasteiger partial charge in [-0.25, -0.2) is 4.98 Å². The number of ether oxygens (including phenoxy) is 1. The molecule has 3 rings (SSSR count). The Morgan fingerprint density at radius 3 is 2.70 bits per heavy atom.